The van der Waals surface area contributed by atoms with E-state index in [1.54, 1.807) is 0 Å². The van der Waals surface area contributed by atoms with Crippen LogP contribution in [0.5, 0.6) is 0 Å². The summed E-state index contributed by atoms with van der Waals surface area (Å²) in [4.78, 5) is 4.74. The fraction of sp³-hybridized carbons (Fsp3) is 0.759. The van der Waals surface area contributed by atoms with Crippen LogP contribution in [0.3, 0.4) is 0 Å². The van der Waals surface area contributed by atoms with Crippen LogP contribution < -0.4 is 0 Å². The fourth-order valence-corrected chi connectivity index (χ4v) is 6.50. The van der Waals surface area contributed by atoms with Crippen molar-refractivity contribution in [1.82, 2.24) is 0 Å². The highest BCUT2D eigenvalue weighted by molar-refractivity contribution is 6.74. The van der Waals surface area contributed by atoms with Gasteiger partial charge in [-0.25, -0.2) is 4.99 Å². The molecule has 0 amide bonds. The lowest BCUT2D eigenvalue weighted by Gasteiger charge is -2.54. The van der Waals surface area contributed by atoms with Gasteiger partial charge in [0.2, 0.25) is 5.90 Å². The molecule has 1 saturated carbocycles. The lowest BCUT2D eigenvalue weighted by molar-refractivity contribution is -0.169. The van der Waals surface area contributed by atoms with Crippen LogP contribution in [0.4, 0.5) is 0 Å². The van der Waals surface area contributed by atoms with E-state index in [1.807, 2.05) is 18.2 Å². The minimum absolute atomic E-state index is 0.0190. The molecule has 0 spiro atoms. The lowest BCUT2D eigenvalue weighted by atomic mass is 9.59. The van der Waals surface area contributed by atoms with E-state index in [0.717, 1.165) is 11.1 Å². The number of nitrogens with zero attached hydrogens (tertiary/aromatic N) is 1. The molecule has 36 heavy (non-hydrogen) atoms. The molecular weight excluding hydrogens is 482 g/mol. The summed E-state index contributed by atoms with van der Waals surface area (Å²) in [6.07, 6.45) is 0.676. The van der Waals surface area contributed by atoms with E-state index in [9.17, 15) is 5.11 Å². The zero-order valence-corrected chi connectivity index (χ0v) is 26.9. The van der Waals surface area contributed by atoms with Crippen LogP contribution in [-0.4, -0.2) is 53.0 Å². The summed E-state index contributed by atoms with van der Waals surface area (Å²) in [6.45, 7) is 28.7. The molecular formula is C29H51NO4Si2. The first-order valence-electron chi connectivity index (χ1n) is 13.5. The van der Waals surface area contributed by atoms with Crippen LogP contribution in [0.15, 0.2) is 29.3 Å². The molecule has 1 fully saturated rings. The van der Waals surface area contributed by atoms with Crippen molar-refractivity contribution < 1.29 is 18.7 Å². The lowest BCUT2D eigenvalue weighted by Crippen LogP contribution is -2.57. The van der Waals surface area contributed by atoms with Gasteiger partial charge in [-0.2, -0.15) is 0 Å². The van der Waals surface area contributed by atoms with E-state index in [4.69, 9.17) is 18.6 Å². The molecule has 3 atom stereocenters. The summed E-state index contributed by atoms with van der Waals surface area (Å²) in [7, 11) is -3.84. The molecule has 0 aromatic heterocycles. The van der Waals surface area contributed by atoms with Gasteiger partial charge >= 0.3 is 0 Å². The SMILES string of the molecule is CC1(C)COC(c2cccc([C@]3(O)C[C@H](CO[Si](C)(C)C(C)(C)C)[C@H]3CO[Si](C)(C)C(C)(C)C)c2)=N1. The molecule has 2 aliphatic rings. The highest BCUT2D eigenvalue weighted by atomic mass is 28.4. The van der Waals surface area contributed by atoms with Gasteiger partial charge in [-0.15, -0.1) is 0 Å². The Morgan fingerprint density at radius 2 is 1.53 bits per heavy atom. The summed E-state index contributed by atoms with van der Waals surface area (Å²) < 4.78 is 19.2. The van der Waals surface area contributed by atoms with Gasteiger partial charge in [0.1, 0.15) is 6.61 Å². The maximum atomic E-state index is 12.1. The number of aliphatic hydroxyl groups is 1. The van der Waals surface area contributed by atoms with Crippen LogP contribution in [0, 0.1) is 11.8 Å². The van der Waals surface area contributed by atoms with Crippen molar-refractivity contribution in [1.29, 1.82) is 0 Å². The Morgan fingerprint density at radius 1 is 0.972 bits per heavy atom. The van der Waals surface area contributed by atoms with Crippen LogP contribution in [0.25, 0.3) is 0 Å². The molecule has 1 aliphatic heterocycles. The summed E-state index contributed by atoms with van der Waals surface area (Å²) in [5.74, 6) is 0.905. The monoisotopic (exact) mass is 533 g/mol. The van der Waals surface area contributed by atoms with Gasteiger partial charge in [0.15, 0.2) is 16.6 Å². The van der Waals surface area contributed by atoms with Gasteiger partial charge in [0.05, 0.1) is 11.1 Å². The molecule has 5 nitrogen and oxygen atoms in total. The highest BCUT2D eigenvalue weighted by Gasteiger charge is 2.55. The average molecular weight is 534 g/mol. The van der Waals surface area contributed by atoms with Gasteiger partial charge in [0, 0.05) is 24.7 Å². The van der Waals surface area contributed by atoms with E-state index in [1.165, 1.54) is 0 Å². The van der Waals surface area contributed by atoms with E-state index >= 15 is 0 Å². The van der Waals surface area contributed by atoms with Crippen molar-refractivity contribution in [3.05, 3.63) is 35.4 Å². The summed E-state index contributed by atoms with van der Waals surface area (Å²) >= 11 is 0. The molecule has 1 aromatic carbocycles. The predicted molar refractivity (Wildman–Crippen MR) is 155 cm³/mol. The molecule has 0 bridgehead atoms. The van der Waals surface area contributed by atoms with E-state index in [0.29, 0.717) is 32.1 Å². The second kappa shape index (κ2) is 9.63. The van der Waals surface area contributed by atoms with Crippen molar-refractivity contribution in [3.63, 3.8) is 0 Å². The van der Waals surface area contributed by atoms with Gasteiger partial charge in [-0.3, -0.25) is 0 Å². The van der Waals surface area contributed by atoms with Crippen molar-refractivity contribution >= 4 is 22.5 Å². The number of hydrogen-bond acceptors (Lipinski definition) is 5. The molecule has 1 aliphatic carbocycles. The van der Waals surface area contributed by atoms with Crippen LogP contribution in [0.2, 0.25) is 36.3 Å². The molecule has 1 aromatic rings. The molecule has 3 rings (SSSR count). The van der Waals surface area contributed by atoms with E-state index < -0.39 is 22.2 Å². The Labute approximate surface area is 222 Å². The first-order chi connectivity index (χ1) is 16.2. The number of ether oxygens (including phenoxy) is 1. The zero-order chi connectivity index (χ0) is 27.4. The van der Waals surface area contributed by atoms with Crippen LogP contribution in [0.1, 0.15) is 72.9 Å². The number of benzene rings is 1. The Bertz CT molecular complexity index is 974. The molecule has 0 saturated heterocycles. The first-order valence-corrected chi connectivity index (χ1v) is 19.3. The standard InChI is InChI=1S/C29H51NO4Si2/c1-26(2,3)35(9,10)33-18-22-17-29(31,24(22)19-34-36(11,12)27(4,5)6)23-15-13-14-21(16-23)25-30-28(7,8)20-32-25/h13-16,22,24,31H,17-20H2,1-12H3/t22-,24-,29-/m1/s1. The Balaban J connectivity index is 1.86. The van der Waals surface area contributed by atoms with Gasteiger partial charge in [0.25, 0.3) is 0 Å². The highest BCUT2D eigenvalue weighted by Crippen LogP contribution is 2.53. The van der Waals surface area contributed by atoms with E-state index in [-0.39, 0.29) is 27.5 Å². The van der Waals surface area contributed by atoms with Crippen LogP contribution in [-0.2, 0) is 19.2 Å². The zero-order valence-electron chi connectivity index (χ0n) is 24.9. The van der Waals surface area contributed by atoms with E-state index in [2.05, 4.69) is 87.6 Å². The predicted octanol–water partition coefficient (Wildman–Crippen LogP) is 7.11. The van der Waals surface area contributed by atoms with Crippen LogP contribution >= 0.6 is 0 Å². The largest absolute Gasteiger partial charge is 0.475 e. The number of aliphatic imine (C=N–C) groups is 1. The third kappa shape index (κ3) is 6.01. The second-order valence-electron chi connectivity index (χ2n) is 14.7. The summed E-state index contributed by atoms with van der Waals surface area (Å²) in [6, 6.07) is 8.12. The maximum Gasteiger partial charge on any atom is 0.216 e. The van der Waals surface area contributed by atoms with Crippen molar-refractivity contribution in [2.24, 2.45) is 16.8 Å². The maximum absolute atomic E-state index is 12.1. The third-order valence-corrected chi connectivity index (χ3v) is 18.2. The molecule has 7 heteroatoms. The molecule has 0 radical (unpaired) electrons. The second-order valence-corrected chi connectivity index (χ2v) is 24.4. The smallest absolute Gasteiger partial charge is 0.216 e. The summed E-state index contributed by atoms with van der Waals surface area (Å²) in [5.41, 5.74) is 0.679. The van der Waals surface area contributed by atoms with Crippen molar-refractivity contribution in [2.75, 3.05) is 19.8 Å². The summed E-state index contributed by atoms with van der Waals surface area (Å²) in [5, 5.41) is 12.4. The molecule has 0 unspecified atom stereocenters. The third-order valence-electron chi connectivity index (χ3n) is 9.23. The molecule has 1 heterocycles. The quantitative estimate of drug-likeness (QED) is 0.362. The van der Waals surface area contributed by atoms with Crippen molar-refractivity contribution in [3.8, 4) is 0 Å². The Morgan fingerprint density at radius 3 is 2.03 bits per heavy atom. The first kappa shape index (κ1) is 29.6. The molecule has 204 valence electrons. The Kier molecular flexibility index (Phi) is 7.91. The number of rotatable bonds is 8. The average Bonchev–Trinajstić information content (AvgIpc) is 3.09. The number of hydrogen-bond donors (Lipinski definition) is 1. The van der Waals surface area contributed by atoms with Gasteiger partial charge < -0.3 is 18.7 Å². The minimum Gasteiger partial charge on any atom is -0.475 e. The Hall–Kier alpha value is -0.996. The fourth-order valence-electron chi connectivity index (χ4n) is 4.40. The molecule has 1 N–H and O–H groups in total. The minimum atomic E-state index is -1.96. The van der Waals surface area contributed by atoms with Gasteiger partial charge in [-0.05, 0) is 80.1 Å². The normalized spacial score (nSPS) is 26.9. The van der Waals surface area contributed by atoms with Gasteiger partial charge in [-0.1, -0.05) is 53.7 Å². The van der Waals surface area contributed by atoms with Crippen molar-refractivity contribution in [2.45, 2.75) is 109 Å². The topological polar surface area (TPSA) is 60.3 Å².